The summed E-state index contributed by atoms with van der Waals surface area (Å²) in [4.78, 5) is 0. The molecule has 0 aromatic carbocycles. The summed E-state index contributed by atoms with van der Waals surface area (Å²) in [6.07, 6.45) is 8.34. The van der Waals surface area contributed by atoms with E-state index in [1.165, 1.54) is 38.5 Å². The Hall–Kier alpha value is -0.0400. The molecule has 0 spiro atoms. The van der Waals surface area contributed by atoms with Crippen molar-refractivity contribution in [2.24, 2.45) is 5.92 Å². The summed E-state index contributed by atoms with van der Waals surface area (Å²) in [5.41, 5.74) is 0. The lowest BCUT2D eigenvalue weighted by Crippen LogP contribution is -2.29. The van der Waals surface area contributed by atoms with Crippen molar-refractivity contribution in [2.45, 2.75) is 72.3 Å². The van der Waals surface area contributed by atoms with E-state index in [1.54, 1.807) is 0 Å². The van der Waals surface area contributed by atoms with Gasteiger partial charge in [-0.25, -0.2) is 0 Å². The van der Waals surface area contributed by atoms with Crippen LogP contribution in [0.25, 0.3) is 0 Å². The quantitative estimate of drug-likeness (QED) is 0.554. The third-order valence-electron chi connectivity index (χ3n) is 2.62. The fourth-order valence-corrected chi connectivity index (χ4v) is 1.59. The van der Waals surface area contributed by atoms with Crippen molar-refractivity contribution in [3.8, 4) is 0 Å². The van der Waals surface area contributed by atoms with Gasteiger partial charge in [-0.1, -0.05) is 52.9 Å². The van der Waals surface area contributed by atoms with Crippen LogP contribution in [0, 0.1) is 5.92 Å². The highest BCUT2D eigenvalue weighted by atomic mass is 14.9. The molecular weight excluding hydrogens is 170 g/mol. The number of rotatable bonds is 9. The Morgan fingerprint density at radius 2 is 1.57 bits per heavy atom. The van der Waals surface area contributed by atoms with Gasteiger partial charge in [-0.3, -0.25) is 0 Å². The maximum Gasteiger partial charge on any atom is 0.00388 e. The Bertz CT molecular complexity index is 110. The zero-order valence-corrected chi connectivity index (χ0v) is 10.6. The maximum absolute atomic E-state index is 3.57. The molecule has 1 atom stereocenters. The molecule has 0 saturated carbocycles. The molecule has 0 heterocycles. The topological polar surface area (TPSA) is 12.0 Å². The van der Waals surface area contributed by atoms with Crippen LogP contribution in [0.1, 0.15) is 66.2 Å². The van der Waals surface area contributed by atoms with Gasteiger partial charge < -0.3 is 5.32 Å². The molecule has 1 unspecified atom stereocenters. The highest BCUT2D eigenvalue weighted by molar-refractivity contribution is 4.61. The van der Waals surface area contributed by atoms with Gasteiger partial charge in [0.25, 0.3) is 0 Å². The van der Waals surface area contributed by atoms with Crippen molar-refractivity contribution in [1.82, 2.24) is 5.32 Å². The molecule has 0 bridgehead atoms. The van der Waals surface area contributed by atoms with E-state index in [1.807, 2.05) is 0 Å². The predicted octanol–water partition coefficient (Wildman–Crippen LogP) is 3.98. The molecule has 0 radical (unpaired) electrons. The van der Waals surface area contributed by atoms with Crippen molar-refractivity contribution in [1.29, 1.82) is 0 Å². The van der Waals surface area contributed by atoms with E-state index in [-0.39, 0.29) is 0 Å². The average molecular weight is 199 g/mol. The third-order valence-corrected chi connectivity index (χ3v) is 2.62. The highest BCUT2D eigenvalue weighted by Crippen LogP contribution is 2.07. The molecule has 0 aromatic heterocycles. The van der Waals surface area contributed by atoms with Gasteiger partial charge in [-0.2, -0.15) is 0 Å². The zero-order chi connectivity index (χ0) is 10.8. The molecule has 0 aliphatic carbocycles. The lowest BCUT2D eigenvalue weighted by molar-refractivity contribution is 0.445. The highest BCUT2D eigenvalue weighted by Gasteiger charge is 2.01. The van der Waals surface area contributed by atoms with E-state index < -0.39 is 0 Å². The molecule has 0 aromatic rings. The Morgan fingerprint density at radius 1 is 0.929 bits per heavy atom. The van der Waals surface area contributed by atoms with Crippen molar-refractivity contribution in [2.75, 3.05) is 6.54 Å². The van der Waals surface area contributed by atoms with E-state index in [0.29, 0.717) is 6.04 Å². The molecule has 0 aliphatic rings. The van der Waals surface area contributed by atoms with Crippen LogP contribution in [-0.4, -0.2) is 12.6 Å². The molecule has 1 nitrogen and oxygen atoms in total. The first-order valence-corrected chi connectivity index (χ1v) is 6.40. The summed E-state index contributed by atoms with van der Waals surface area (Å²) in [5.74, 6) is 0.776. The van der Waals surface area contributed by atoms with Crippen LogP contribution in [0.3, 0.4) is 0 Å². The minimum Gasteiger partial charge on any atom is -0.314 e. The Kier molecular flexibility index (Phi) is 9.49. The minimum absolute atomic E-state index is 0.707. The van der Waals surface area contributed by atoms with Crippen molar-refractivity contribution in [3.05, 3.63) is 0 Å². The second kappa shape index (κ2) is 9.51. The molecule has 0 fully saturated rings. The molecule has 86 valence electrons. The Morgan fingerprint density at radius 3 is 2.14 bits per heavy atom. The summed E-state index contributed by atoms with van der Waals surface area (Å²) in [6.45, 7) is 10.3. The predicted molar refractivity (Wildman–Crippen MR) is 65.7 cm³/mol. The van der Waals surface area contributed by atoms with Gasteiger partial charge in [0.15, 0.2) is 0 Å². The van der Waals surface area contributed by atoms with E-state index in [4.69, 9.17) is 0 Å². The summed E-state index contributed by atoms with van der Waals surface area (Å²) >= 11 is 0. The summed E-state index contributed by atoms with van der Waals surface area (Å²) in [7, 11) is 0. The summed E-state index contributed by atoms with van der Waals surface area (Å²) in [6, 6.07) is 0.707. The first kappa shape index (κ1) is 14.0. The second-order valence-electron chi connectivity index (χ2n) is 4.91. The van der Waals surface area contributed by atoms with Crippen molar-refractivity contribution in [3.63, 3.8) is 0 Å². The Labute approximate surface area is 90.7 Å². The van der Waals surface area contributed by atoms with Gasteiger partial charge in [0.05, 0.1) is 0 Å². The summed E-state index contributed by atoms with van der Waals surface area (Å²) in [5, 5.41) is 3.57. The smallest absolute Gasteiger partial charge is 0.00388 e. The standard InChI is InChI=1S/C13H29N/c1-5-6-7-8-9-10-13(4)14-11-12(2)3/h12-14H,5-11H2,1-4H3. The first-order chi connectivity index (χ1) is 6.66. The molecule has 0 amide bonds. The molecule has 0 aliphatic heterocycles. The number of unbranched alkanes of at least 4 members (excludes halogenated alkanes) is 4. The molecule has 1 heteroatoms. The van der Waals surface area contributed by atoms with Gasteiger partial charge in [-0.15, -0.1) is 0 Å². The molecule has 0 rings (SSSR count). The normalized spacial score (nSPS) is 13.5. The van der Waals surface area contributed by atoms with Crippen LogP contribution < -0.4 is 5.32 Å². The van der Waals surface area contributed by atoms with Gasteiger partial charge in [0.2, 0.25) is 0 Å². The summed E-state index contributed by atoms with van der Waals surface area (Å²) < 4.78 is 0. The van der Waals surface area contributed by atoms with Gasteiger partial charge in [0, 0.05) is 6.04 Å². The number of hydrogen-bond acceptors (Lipinski definition) is 1. The number of nitrogens with one attached hydrogen (secondary N) is 1. The first-order valence-electron chi connectivity index (χ1n) is 6.40. The van der Waals surface area contributed by atoms with E-state index in [0.717, 1.165) is 12.5 Å². The molecule has 14 heavy (non-hydrogen) atoms. The van der Waals surface area contributed by atoms with Crippen molar-refractivity contribution < 1.29 is 0 Å². The molecule has 0 saturated heterocycles. The van der Waals surface area contributed by atoms with Crippen LogP contribution >= 0.6 is 0 Å². The van der Waals surface area contributed by atoms with Gasteiger partial charge in [0.1, 0.15) is 0 Å². The van der Waals surface area contributed by atoms with Gasteiger partial charge in [-0.05, 0) is 25.8 Å². The molecule has 1 N–H and O–H groups in total. The van der Waals surface area contributed by atoms with Crippen LogP contribution in [0.15, 0.2) is 0 Å². The zero-order valence-electron chi connectivity index (χ0n) is 10.6. The monoisotopic (exact) mass is 199 g/mol. The van der Waals surface area contributed by atoms with Crippen LogP contribution in [-0.2, 0) is 0 Å². The van der Waals surface area contributed by atoms with E-state index >= 15 is 0 Å². The largest absolute Gasteiger partial charge is 0.314 e. The number of hydrogen-bond donors (Lipinski definition) is 1. The Balaban J connectivity index is 3.14. The van der Waals surface area contributed by atoms with Crippen LogP contribution in [0.4, 0.5) is 0 Å². The fraction of sp³-hybridized carbons (Fsp3) is 1.00. The van der Waals surface area contributed by atoms with Crippen LogP contribution in [0.2, 0.25) is 0 Å². The lowest BCUT2D eigenvalue weighted by Gasteiger charge is -2.15. The van der Waals surface area contributed by atoms with Crippen LogP contribution in [0.5, 0.6) is 0 Å². The third kappa shape index (κ3) is 10.0. The average Bonchev–Trinajstić information content (AvgIpc) is 2.14. The molecular formula is C13H29N. The van der Waals surface area contributed by atoms with E-state index in [9.17, 15) is 0 Å². The fourth-order valence-electron chi connectivity index (χ4n) is 1.59. The SMILES string of the molecule is CCCCCCCC(C)NCC(C)C. The lowest BCUT2D eigenvalue weighted by atomic mass is 10.1. The minimum atomic E-state index is 0.707. The second-order valence-corrected chi connectivity index (χ2v) is 4.91. The van der Waals surface area contributed by atoms with Gasteiger partial charge >= 0.3 is 0 Å². The van der Waals surface area contributed by atoms with E-state index in [2.05, 4.69) is 33.0 Å². The maximum atomic E-state index is 3.57. The van der Waals surface area contributed by atoms with Crippen molar-refractivity contribution >= 4 is 0 Å².